The fourth-order valence-corrected chi connectivity index (χ4v) is 10.9. The second-order valence-electron chi connectivity index (χ2n) is 18.6. The number of hydrogen-bond acceptors (Lipinski definition) is 12. The highest BCUT2D eigenvalue weighted by Gasteiger charge is 2.45. The van der Waals surface area contributed by atoms with Crippen molar-refractivity contribution in [2.45, 2.75) is 38.1 Å². The quantitative estimate of drug-likeness (QED) is 0.0942. The van der Waals surface area contributed by atoms with Gasteiger partial charge < -0.3 is 20.4 Å². The Labute approximate surface area is 432 Å². The molecule has 0 aromatic heterocycles. The molecule has 2 atom stereocenters. The second kappa shape index (κ2) is 19.5. The van der Waals surface area contributed by atoms with Crippen LogP contribution in [0.3, 0.4) is 0 Å². The number of hydrogen-bond donors (Lipinski definition) is 4. The van der Waals surface area contributed by atoms with Gasteiger partial charge in [-0.05, 0) is 84.6 Å². The van der Waals surface area contributed by atoms with Crippen LogP contribution in [0.5, 0.6) is 0 Å². The lowest BCUT2D eigenvalue weighted by Gasteiger charge is -2.36. The van der Waals surface area contributed by atoms with E-state index in [1.54, 1.807) is 48.5 Å². The molecule has 0 fully saturated rings. The summed E-state index contributed by atoms with van der Waals surface area (Å²) in [6.45, 7) is -1.56. The van der Waals surface area contributed by atoms with Gasteiger partial charge in [0.05, 0.1) is 49.9 Å². The summed E-state index contributed by atoms with van der Waals surface area (Å²) in [4.78, 5) is 113. The molecule has 4 N–H and O–H groups in total. The maximum absolute atomic E-state index is 13.7. The number of aliphatic hydroxyl groups excluding tert-OH is 4. The molecule has 16 heteroatoms. The van der Waals surface area contributed by atoms with Crippen molar-refractivity contribution in [3.8, 4) is 0 Å². The zero-order valence-corrected chi connectivity index (χ0v) is 40.3. The van der Waals surface area contributed by atoms with Crippen LogP contribution < -0.4 is 9.80 Å². The van der Waals surface area contributed by atoms with Crippen LogP contribution in [0.2, 0.25) is 0 Å². The smallest absolute Gasteiger partial charge is 0.265 e. The van der Waals surface area contributed by atoms with E-state index in [4.69, 9.17) is 0 Å². The van der Waals surface area contributed by atoms with Crippen molar-refractivity contribution in [1.82, 2.24) is 9.80 Å². The number of aliphatic hydroxyl groups is 4. The zero-order chi connectivity index (χ0) is 53.1. The predicted molar refractivity (Wildman–Crippen MR) is 278 cm³/mol. The Morgan fingerprint density at radius 2 is 0.553 bits per heavy atom. The summed E-state index contributed by atoms with van der Waals surface area (Å²) < 4.78 is 0. The number of benzene rings is 8. The van der Waals surface area contributed by atoms with Crippen LogP contribution in [-0.2, 0) is 26.1 Å². The maximum atomic E-state index is 13.7. The summed E-state index contributed by atoms with van der Waals surface area (Å²) in [5, 5.41) is 40.9. The summed E-state index contributed by atoms with van der Waals surface area (Å²) in [6.07, 6.45) is 0.554. The lowest BCUT2D eigenvalue weighted by molar-refractivity contribution is 0.0452. The summed E-state index contributed by atoms with van der Waals surface area (Å²) in [7, 11) is 0. The van der Waals surface area contributed by atoms with E-state index in [0.717, 1.165) is 30.7 Å². The summed E-state index contributed by atoms with van der Waals surface area (Å²) in [6, 6.07) is 42.1. The molecule has 8 aromatic rings. The highest BCUT2D eigenvalue weighted by molar-refractivity contribution is 6.42. The van der Waals surface area contributed by atoms with Crippen LogP contribution in [0.4, 0.5) is 11.4 Å². The maximum Gasteiger partial charge on any atom is 0.265 e. The second-order valence-corrected chi connectivity index (χ2v) is 18.6. The molecule has 0 saturated carbocycles. The number of imide groups is 4. The van der Waals surface area contributed by atoms with E-state index in [1.807, 2.05) is 60.7 Å². The molecule has 16 nitrogen and oxygen atoms in total. The molecular weight excluding hydrogens is 969 g/mol. The van der Waals surface area contributed by atoms with Gasteiger partial charge in [0.1, 0.15) is 0 Å². The van der Waals surface area contributed by atoms with Gasteiger partial charge in [0.2, 0.25) is 0 Å². The molecule has 4 heterocycles. The third kappa shape index (κ3) is 7.69. The summed E-state index contributed by atoms with van der Waals surface area (Å²) in [5.41, 5.74) is 4.60. The first kappa shape index (κ1) is 48.9. The standard InChI is InChI=1S/C32H26N2O6.C28H18N2O6/c35-17-21(15-19-7-3-1-4-8-19)33-29(37)23-11-13-25-28-26(14-12-24(27(23)28)30(33)38)32(40)34(31(25)39)22(18-36)16-20-9-5-2-6-10-20;31-13-15-5-1-3-7-21(15)29-25(33)17-9-11-19-24-20(12-10-18(23(17)24)26(29)34)28(36)30(27(19)35)22-8-4-2-6-16(22)14-32/h1-14,21-22,35-36H,15-18H2;1-12,31-32H,13-14H2. The summed E-state index contributed by atoms with van der Waals surface area (Å²) in [5.74, 6) is -4.77. The molecular formula is C60H44N4O12. The Hall–Kier alpha value is -9.32. The molecule has 0 bridgehead atoms. The fourth-order valence-electron chi connectivity index (χ4n) is 10.9. The van der Waals surface area contributed by atoms with Gasteiger partial charge in [0, 0.05) is 77.2 Å². The largest absolute Gasteiger partial charge is 0.394 e. The van der Waals surface area contributed by atoms with Crippen LogP contribution in [-0.4, -0.2) is 103 Å². The Morgan fingerprint density at radius 3 is 0.816 bits per heavy atom. The molecule has 76 heavy (non-hydrogen) atoms. The minimum absolute atomic E-state index is 0.183. The van der Waals surface area contributed by atoms with Crippen LogP contribution in [0, 0.1) is 0 Å². The topological polar surface area (TPSA) is 230 Å². The molecule has 0 aliphatic carbocycles. The molecule has 2 unspecified atom stereocenters. The predicted octanol–water partition coefficient (Wildman–Crippen LogP) is 6.66. The number of nitrogens with zero attached hydrogens (tertiary/aromatic N) is 4. The Bertz CT molecular complexity index is 3430. The molecule has 0 saturated heterocycles. The Kier molecular flexibility index (Phi) is 12.6. The van der Waals surface area contributed by atoms with Crippen molar-refractivity contribution in [3.05, 3.63) is 224 Å². The molecule has 4 aliphatic rings. The van der Waals surface area contributed by atoms with Gasteiger partial charge in [-0.2, -0.15) is 0 Å². The van der Waals surface area contributed by atoms with Gasteiger partial charge in [-0.1, -0.05) is 97.1 Å². The Morgan fingerprint density at radius 1 is 0.303 bits per heavy atom. The van der Waals surface area contributed by atoms with Crippen LogP contribution in [0.15, 0.2) is 158 Å². The van der Waals surface area contributed by atoms with Crippen LogP contribution >= 0.6 is 0 Å². The minimum atomic E-state index is -0.792. The lowest BCUT2D eigenvalue weighted by Crippen LogP contribution is -2.51. The highest BCUT2D eigenvalue weighted by atomic mass is 16.3. The van der Waals surface area contributed by atoms with E-state index in [2.05, 4.69) is 0 Å². The number of para-hydroxylation sites is 2. The third-order valence-electron chi connectivity index (χ3n) is 14.4. The molecule has 8 aromatic carbocycles. The average Bonchev–Trinajstić information content (AvgIpc) is 3.45. The summed E-state index contributed by atoms with van der Waals surface area (Å²) >= 11 is 0. The van der Waals surface area contributed by atoms with Gasteiger partial charge in [-0.25, -0.2) is 9.80 Å². The first-order valence-electron chi connectivity index (χ1n) is 24.3. The van der Waals surface area contributed by atoms with Crippen molar-refractivity contribution in [2.75, 3.05) is 23.0 Å². The highest BCUT2D eigenvalue weighted by Crippen LogP contribution is 2.42. The molecule has 8 amide bonds. The van der Waals surface area contributed by atoms with Crippen molar-refractivity contribution in [2.24, 2.45) is 0 Å². The fraction of sp³-hybridized carbons (Fsp3) is 0.133. The van der Waals surface area contributed by atoms with Gasteiger partial charge in [-0.3, -0.25) is 48.2 Å². The van der Waals surface area contributed by atoms with Crippen molar-refractivity contribution in [3.63, 3.8) is 0 Å². The normalized spacial score (nSPS) is 15.4. The van der Waals surface area contributed by atoms with Crippen molar-refractivity contribution in [1.29, 1.82) is 0 Å². The van der Waals surface area contributed by atoms with E-state index >= 15 is 0 Å². The SMILES string of the molecule is O=C1c2ccc3c4c(ccc(c24)C(=O)N1C(CO)Cc1ccccc1)C(=O)N(C(CO)Cc1ccccc1)C3=O.O=C1c2ccc3c4c(ccc(c24)C(=O)N1c1ccccc1CO)C(=O)N(c1ccccc1CO)C3=O. The van der Waals surface area contributed by atoms with Gasteiger partial charge in [-0.15, -0.1) is 0 Å². The number of anilines is 2. The van der Waals surface area contributed by atoms with E-state index < -0.39 is 72.6 Å². The monoisotopic (exact) mass is 1010 g/mol. The van der Waals surface area contributed by atoms with Crippen LogP contribution in [0.25, 0.3) is 21.5 Å². The van der Waals surface area contributed by atoms with E-state index in [9.17, 15) is 58.8 Å². The van der Waals surface area contributed by atoms with E-state index in [0.29, 0.717) is 11.1 Å². The number of carbonyl (C=O) groups excluding carboxylic acids is 8. The Balaban J connectivity index is 0.000000163. The molecule has 0 radical (unpaired) electrons. The zero-order valence-electron chi connectivity index (χ0n) is 40.3. The number of carbonyl (C=O) groups is 8. The van der Waals surface area contributed by atoms with Crippen LogP contribution in [0.1, 0.15) is 105 Å². The first-order valence-corrected chi connectivity index (χ1v) is 24.3. The van der Waals surface area contributed by atoms with Gasteiger partial charge in [0.15, 0.2) is 0 Å². The molecule has 12 rings (SSSR count). The lowest BCUT2D eigenvalue weighted by atomic mass is 9.84. The van der Waals surface area contributed by atoms with Gasteiger partial charge >= 0.3 is 0 Å². The van der Waals surface area contributed by atoms with Crippen molar-refractivity contribution >= 4 is 80.2 Å². The van der Waals surface area contributed by atoms with Crippen molar-refractivity contribution < 1.29 is 58.8 Å². The van der Waals surface area contributed by atoms with E-state index in [1.165, 1.54) is 48.5 Å². The minimum Gasteiger partial charge on any atom is -0.394 e. The first-order chi connectivity index (χ1) is 36.9. The average molecular weight is 1010 g/mol. The molecule has 4 aliphatic heterocycles. The van der Waals surface area contributed by atoms with E-state index in [-0.39, 0.29) is 103 Å². The number of amides is 8. The van der Waals surface area contributed by atoms with Gasteiger partial charge in [0.25, 0.3) is 47.3 Å². The number of rotatable bonds is 12. The molecule has 376 valence electrons. The third-order valence-corrected chi connectivity index (χ3v) is 14.4. The molecule has 0 spiro atoms.